The zero-order valence-electron chi connectivity index (χ0n) is 8.86. The Bertz CT molecular complexity index is 376. The molecule has 0 aliphatic carbocycles. The fourth-order valence-corrected chi connectivity index (χ4v) is 1.69. The summed E-state index contributed by atoms with van der Waals surface area (Å²) >= 11 is 0. The van der Waals surface area contributed by atoms with E-state index in [1.165, 1.54) is 0 Å². The van der Waals surface area contributed by atoms with Crippen molar-refractivity contribution in [3.8, 4) is 11.5 Å². The molecule has 0 bridgehead atoms. The van der Waals surface area contributed by atoms with Crippen LogP contribution in [-0.4, -0.2) is 17.9 Å². The second-order valence-corrected chi connectivity index (χ2v) is 3.88. The van der Waals surface area contributed by atoms with Gasteiger partial charge in [-0.25, -0.2) is 0 Å². The maximum Gasteiger partial charge on any atom is 0.231 e. The molecule has 0 saturated carbocycles. The van der Waals surface area contributed by atoms with Crippen molar-refractivity contribution < 1.29 is 14.6 Å². The largest absolute Gasteiger partial charge is 0.454 e. The van der Waals surface area contributed by atoms with Crippen LogP contribution in [0.15, 0.2) is 12.1 Å². The maximum absolute atomic E-state index is 9.83. The van der Waals surface area contributed by atoms with Crippen LogP contribution in [0.25, 0.3) is 0 Å². The van der Waals surface area contributed by atoms with Crippen molar-refractivity contribution in [2.45, 2.75) is 26.0 Å². The average molecular weight is 209 g/mol. The van der Waals surface area contributed by atoms with Crippen molar-refractivity contribution in [3.05, 3.63) is 23.3 Å². The van der Waals surface area contributed by atoms with E-state index in [1.54, 1.807) is 13.0 Å². The van der Waals surface area contributed by atoms with E-state index in [2.05, 4.69) is 0 Å². The molecule has 2 atom stereocenters. The standard InChI is InChI=1S/C11H15NO3/c1-6-3-8(10(13)7(2)12)4-9-11(6)15-5-14-9/h3-4,7,10,13H,5,12H2,1-2H3. The van der Waals surface area contributed by atoms with Gasteiger partial charge in [0.25, 0.3) is 0 Å². The molecule has 0 aromatic heterocycles. The van der Waals surface area contributed by atoms with Gasteiger partial charge in [0.15, 0.2) is 11.5 Å². The van der Waals surface area contributed by atoms with Gasteiger partial charge in [0.2, 0.25) is 6.79 Å². The fraction of sp³-hybridized carbons (Fsp3) is 0.455. The zero-order valence-corrected chi connectivity index (χ0v) is 8.86. The number of aryl methyl sites for hydroxylation is 1. The van der Waals surface area contributed by atoms with E-state index in [9.17, 15) is 5.11 Å². The van der Waals surface area contributed by atoms with Crippen LogP contribution < -0.4 is 15.2 Å². The normalized spacial score (nSPS) is 17.6. The number of hydrogen-bond donors (Lipinski definition) is 2. The highest BCUT2D eigenvalue weighted by Gasteiger charge is 2.21. The molecule has 4 heteroatoms. The lowest BCUT2D eigenvalue weighted by molar-refractivity contribution is 0.152. The van der Waals surface area contributed by atoms with E-state index in [0.717, 1.165) is 16.9 Å². The predicted molar refractivity (Wildman–Crippen MR) is 55.9 cm³/mol. The Labute approximate surface area is 88.6 Å². The van der Waals surface area contributed by atoms with Gasteiger partial charge in [-0.05, 0) is 37.1 Å². The van der Waals surface area contributed by atoms with Gasteiger partial charge in [-0.1, -0.05) is 0 Å². The van der Waals surface area contributed by atoms with Crippen molar-refractivity contribution in [1.82, 2.24) is 0 Å². The number of hydrogen-bond acceptors (Lipinski definition) is 4. The van der Waals surface area contributed by atoms with E-state index < -0.39 is 6.10 Å². The minimum atomic E-state index is -0.668. The molecular formula is C11H15NO3. The van der Waals surface area contributed by atoms with Gasteiger partial charge in [0.1, 0.15) is 0 Å². The molecule has 1 aliphatic heterocycles. The molecule has 0 radical (unpaired) electrons. The molecule has 3 N–H and O–H groups in total. The smallest absolute Gasteiger partial charge is 0.231 e. The number of rotatable bonds is 2. The van der Waals surface area contributed by atoms with Crippen LogP contribution in [0.3, 0.4) is 0 Å². The topological polar surface area (TPSA) is 64.7 Å². The molecule has 0 amide bonds. The van der Waals surface area contributed by atoms with E-state index in [1.807, 2.05) is 13.0 Å². The second-order valence-electron chi connectivity index (χ2n) is 3.88. The number of benzene rings is 1. The van der Waals surface area contributed by atoms with Crippen molar-refractivity contribution in [1.29, 1.82) is 0 Å². The summed E-state index contributed by atoms with van der Waals surface area (Å²) in [5.74, 6) is 1.44. The number of ether oxygens (including phenoxy) is 2. The summed E-state index contributed by atoms with van der Waals surface area (Å²) in [7, 11) is 0. The maximum atomic E-state index is 9.83. The fourth-order valence-electron chi connectivity index (χ4n) is 1.69. The lowest BCUT2D eigenvalue weighted by Crippen LogP contribution is -2.24. The molecular weight excluding hydrogens is 194 g/mol. The van der Waals surface area contributed by atoms with Crippen molar-refractivity contribution in [2.24, 2.45) is 5.73 Å². The molecule has 82 valence electrons. The summed E-state index contributed by atoms with van der Waals surface area (Å²) in [6.07, 6.45) is -0.668. The Morgan fingerprint density at radius 3 is 2.80 bits per heavy atom. The molecule has 1 aromatic rings. The van der Waals surface area contributed by atoms with Crippen molar-refractivity contribution >= 4 is 0 Å². The molecule has 0 spiro atoms. The van der Waals surface area contributed by atoms with E-state index in [-0.39, 0.29) is 12.8 Å². The van der Waals surface area contributed by atoms with Crippen LogP contribution in [0.5, 0.6) is 11.5 Å². The minimum Gasteiger partial charge on any atom is -0.454 e. The van der Waals surface area contributed by atoms with Crippen molar-refractivity contribution in [2.75, 3.05) is 6.79 Å². The number of aliphatic hydroxyl groups is 1. The van der Waals surface area contributed by atoms with Crippen LogP contribution in [0.2, 0.25) is 0 Å². The minimum absolute atomic E-state index is 0.244. The molecule has 2 rings (SSSR count). The van der Waals surface area contributed by atoms with Gasteiger partial charge in [0.05, 0.1) is 6.10 Å². The third kappa shape index (κ3) is 1.78. The van der Waals surface area contributed by atoms with E-state index in [4.69, 9.17) is 15.2 Å². The molecule has 4 nitrogen and oxygen atoms in total. The summed E-state index contributed by atoms with van der Waals surface area (Å²) in [4.78, 5) is 0. The molecule has 0 fully saturated rings. The Morgan fingerprint density at radius 1 is 1.40 bits per heavy atom. The lowest BCUT2D eigenvalue weighted by Gasteiger charge is -2.16. The monoisotopic (exact) mass is 209 g/mol. The Hall–Kier alpha value is -1.26. The summed E-state index contributed by atoms with van der Waals surface area (Å²) in [6, 6.07) is 3.36. The first-order chi connectivity index (χ1) is 7.09. The van der Waals surface area contributed by atoms with E-state index >= 15 is 0 Å². The average Bonchev–Trinajstić information content (AvgIpc) is 2.64. The number of nitrogens with two attached hydrogens (primary N) is 1. The van der Waals surface area contributed by atoms with Gasteiger partial charge in [-0.3, -0.25) is 0 Å². The SMILES string of the molecule is Cc1cc(C(O)C(C)N)cc2c1OCO2. The Kier molecular flexibility index (Phi) is 2.54. The van der Waals surface area contributed by atoms with Crippen molar-refractivity contribution in [3.63, 3.8) is 0 Å². The Balaban J connectivity index is 2.39. The molecule has 1 aliphatic rings. The van der Waals surface area contributed by atoms with Gasteiger partial charge in [0, 0.05) is 6.04 Å². The second kappa shape index (κ2) is 3.72. The predicted octanol–water partition coefficient (Wildman–Crippen LogP) is 1.10. The molecule has 0 saturated heterocycles. The van der Waals surface area contributed by atoms with Gasteiger partial charge >= 0.3 is 0 Å². The van der Waals surface area contributed by atoms with E-state index in [0.29, 0.717) is 5.75 Å². The van der Waals surface area contributed by atoms with Gasteiger partial charge < -0.3 is 20.3 Å². The highest BCUT2D eigenvalue weighted by Crippen LogP contribution is 2.38. The van der Waals surface area contributed by atoms with Crippen LogP contribution in [0.1, 0.15) is 24.2 Å². The summed E-state index contributed by atoms with van der Waals surface area (Å²) in [5, 5.41) is 9.83. The third-order valence-electron chi connectivity index (χ3n) is 2.52. The first kappa shape index (κ1) is 10.3. The number of aliphatic hydroxyl groups excluding tert-OH is 1. The molecule has 1 aromatic carbocycles. The molecule has 1 heterocycles. The highest BCUT2D eigenvalue weighted by atomic mass is 16.7. The van der Waals surface area contributed by atoms with Crippen LogP contribution in [-0.2, 0) is 0 Å². The number of fused-ring (bicyclic) bond motifs is 1. The summed E-state index contributed by atoms with van der Waals surface area (Å²) in [6.45, 7) is 3.93. The summed E-state index contributed by atoms with van der Waals surface area (Å²) < 4.78 is 10.6. The first-order valence-electron chi connectivity index (χ1n) is 4.93. The van der Waals surface area contributed by atoms with Gasteiger partial charge in [-0.2, -0.15) is 0 Å². The van der Waals surface area contributed by atoms with Crippen LogP contribution in [0, 0.1) is 6.92 Å². The Morgan fingerprint density at radius 2 is 2.13 bits per heavy atom. The zero-order chi connectivity index (χ0) is 11.0. The lowest BCUT2D eigenvalue weighted by atomic mass is 10.0. The summed E-state index contributed by atoms with van der Waals surface area (Å²) in [5.41, 5.74) is 7.37. The van der Waals surface area contributed by atoms with Crippen LogP contribution >= 0.6 is 0 Å². The molecule has 15 heavy (non-hydrogen) atoms. The van der Waals surface area contributed by atoms with Gasteiger partial charge in [-0.15, -0.1) is 0 Å². The van der Waals surface area contributed by atoms with Crippen LogP contribution in [0.4, 0.5) is 0 Å². The highest BCUT2D eigenvalue weighted by molar-refractivity contribution is 5.50. The first-order valence-corrected chi connectivity index (χ1v) is 4.93. The third-order valence-corrected chi connectivity index (χ3v) is 2.52. The quantitative estimate of drug-likeness (QED) is 0.765. The molecule has 2 unspecified atom stereocenters.